The minimum absolute atomic E-state index is 0.301. The summed E-state index contributed by atoms with van der Waals surface area (Å²) in [5.41, 5.74) is 4.51. The van der Waals surface area contributed by atoms with Gasteiger partial charge < -0.3 is 4.74 Å². The number of thiazole rings is 1. The Balaban J connectivity index is 1.29. The Hall–Kier alpha value is -4.51. The van der Waals surface area contributed by atoms with Crippen molar-refractivity contribution in [2.24, 2.45) is 10.2 Å². The highest BCUT2D eigenvalue weighted by Crippen LogP contribution is 2.24. The van der Waals surface area contributed by atoms with Crippen LogP contribution >= 0.6 is 11.3 Å². The molecule has 0 fully saturated rings. The quantitative estimate of drug-likeness (QED) is 0.167. The van der Waals surface area contributed by atoms with Crippen molar-refractivity contribution in [3.05, 3.63) is 107 Å². The molecule has 5 aromatic rings. The summed E-state index contributed by atoms with van der Waals surface area (Å²) in [5.74, 6) is 0.551. The van der Waals surface area contributed by atoms with Crippen molar-refractivity contribution in [3.8, 4) is 28.5 Å². The monoisotopic (exact) mass is 548 g/mol. The van der Waals surface area contributed by atoms with Gasteiger partial charge >= 0.3 is 6.36 Å². The van der Waals surface area contributed by atoms with Crippen LogP contribution in [-0.2, 0) is 0 Å². The van der Waals surface area contributed by atoms with Crippen LogP contribution in [0.25, 0.3) is 22.8 Å². The third-order valence-corrected chi connectivity index (χ3v) is 6.50. The number of nitrogens with zero attached hydrogens (tertiary/aromatic N) is 6. The summed E-state index contributed by atoms with van der Waals surface area (Å²) in [4.78, 5) is 5.08. The van der Waals surface area contributed by atoms with E-state index < -0.39 is 6.36 Å². The number of aromatic nitrogens is 4. The molecule has 0 radical (unpaired) electrons. The van der Waals surface area contributed by atoms with Crippen molar-refractivity contribution in [2.45, 2.75) is 26.1 Å². The Labute approximate surface area is 226 Å². The van der Waals surface area contributed by atoms with Crippen LogP contribution in [0.1, 0.15) is 30.9 Å². The van der Waals surface area contributed by atoms with E-state index in [9.17, 15) is 13.2 Å². The zero-order valence-electron chi connectivity index (χ0n) is 20.9. The number of hydrogen-bond donors (Lipinski definition) is 0. The molecule has 0 atom stereocenters. The molecule has 0 spiro atoms. The Bertz CT molecular complexity index is 1650. The smallest absolute Gasteiger partial charge is 0.406 e. The number of alkyl halides is 3. The predicted molar refractivity (Wildman–Crippen MR) is 144 cm³/mol. The van der Waals surface area contributed by atoms with E-state index in [1.807, 2.05) is 52.5 Å². The Morgan fingerprint density at radius 3 is 2.44 bits per heavy atom. The van der Waals surface area contributed by atoms with Gasteiger partial charge in [0.1, 0.15) is 12.1 Å². The van der Waals surface area contributed by atoms with Gasteiger partial charge in [-0.1, -0.05) is 56.3 Å². The van der Waals surface area contributed by atoms with E-state index in [4.69, 9.17) is 0 Å². The molecule has 0 saturated heterocycles. The number of hydrogen-bond acceptors (Lipinski definition) is 6. The molecule has 3 aromatic carbocycles. The molecule has 0 N–H and O–H groups in total. The SMILES string of the molecule is CC(C)c1ccccc1-n1ccs/c1=N\N=C\c1ccc(-c2ncn(-c3ccc(OC(F)(F)F)cc3)n2)cc1. The standard InChI is InChI=1S/C28H23F3N6OS/c1-19(2)24-5-3-4-6-25(24)36-15-16-39-27(36)34-33-17-20-7-9-21(10-8-20)26-32-18-37(35-26)22-11-13-23(14-12-22)38-28(29,30)31/h3-19H,1-2H3/b33-17+,34-27-. The van der Waals surface area contributed by atoms with Gasteiger partial charge in [-0.05, 0) is 47.4 Å². The van der Waals surface area contributed by atoms with Gasteiger partial charge in [-0.2, -0.15) is 5.10 Å². The van der Waals surface area contributed by atoms with Crippen molar-refractivity contribution in [2.75, 3.05) is 0 Å². The highest BCUT2D eigenvalue weighted by molar-refractivity contribution is 7.07. The summed E-state index contributed by atoms with van der Waals surface area (Å²) in [5, 5.41) is 15.1. The maximum absolute atomic E-state index is 12.4. The summed E-state index contributed by atoms with van der Waals surface area (Å²) in [6.45, 7) is 4.33. The lowest BCUT2D eigenvalue weighted by atomic mass is 10.0. The van der Waals surface area contributed by atoms with Crippen LogP contribution in [0.5, 0.6) is 5.75 Å². The second kappa shape index (κ2) is 11.1. The molecule has 5 rings (SSSR count). The highest BCUT2D eigenvalue weighted by atomic mass is 32.1. The van der Waals surface area contributed by atoms with E-state index in [0.717, 1.165) is 21.6 Å². The van der Waals surface area contributed by atoms with Crippen LogP contribution in [-0.4, -0.2) is 31.9 Å². The Morgan fingerprint density at radius 1 is 0.974 bits per heavy atom. The lowest BCUT2D eigenvalue weighted by molar-refractivity contribution is -0.274. The lowest BCUT2D eigenvalue weighted by Gasteiger charge is -2.12. The van der Waals surface area contributed by atoms with Crippen molar-refractivity contribution < 1.29 is 17.9 Å². The van der Waals surface area contributed by atoms with Gasteiger partial charge in [0.15, 0.2) is 5.82 Å². The zero-order chi connectivity index (χ0) is 27.4. The first kappa shape index (κ1) is 26.1. The Kier molecular flexibility index (Phi) is 7.42. The number of benzene rings is 3. The van der Waals surface area contributed by atoms with Gasteiger partial charge in [0, 0.05) is 17.1 Å². The van der Waals surface area contributed by atoms with Crippen molar-refractivity contribution in [3.63, 3.8) is 0 Å². The molecule has 0 saturated carbocycles. The van der Waals surface area contributed by atoms with Crippen LogP contribution in [0.15, 0.2) is 101 Å². The van der Waals surface area contributed by atoms with Crippen molar-refractivity contribution in [1.82, 2.24) is 19.3 Å². The first-order chi connectivity index (χ1) is 18.8. The van der Waals surface area contributed by atoms with Crippen LogP contribution in [0.3, 0.4) is 0 Å². The molecule has 198 valence electrons. The van der Waals surface area contributed by atoms with Gasteiger partial charge in [-0.15, -0.1) is 34.7 Å². The van der Waals surface area contributed by atoms with E-state index in [0.29, 0.717) is 17.4 Å². The zero-order valence-corrected chi connectivity index (χ0v) is 21.8. The number of halogens is 3. The van der Waals surface area contributed by atoms with Crippen LogP contribution in [0.2, 0.25) is 0 Å². The molecule has 0 bridgehead atoms. The second-order valence-corrected chi connectivity index (χ2v) is 9.66. The molecule has 0 unspecified atom stereocenters. The molecule has 0 amide bonds. The fourth-order valence-corrected chi connectivity index (χ4v) is 4.58. The molecule has 2 aromatic heterocycles. The average molecular weight is 549 g/mol. The minimum Gasteiger partial charge on any atom is -0.406 e. The number of ether oxygens (including phenoxy) is 1. The van der Waals surface area contributed by atoms with Gasteiger partial charge in [0.05, 0.1) is 17.6 Å². The van der Waals surface area contributed by atoms with Crippen LogP contribution in [0, 0.1) is 0 Å². The maximum atomic E-state index is 12.4. The van der Waals surface area contributed by atoms with E-state index in [2.05, 4.69) is 51.0 Å². The topological polar surface area (TPSA) is 69.6 Å². The van der Waals surface area contributed by atoms with Crippen molar-refractivity contribution >= 4 is 17.6 Å². The summed E-state index contributed by atoms with van der Waals surface area (Å²) in [6.07, 6.45) is 0.431. The fraction of sp³-hybridized carbons (Fsp3) is 0.143. The lowest BCUT2D eigenvalue weighted by Crippen LogP contribution is -2.17. The van der Waals surface area contributed by atoms with Crippen LogP contribution < -0.4 is 9.54 Å². The molecule has 2 heterocycles. The highest BCUT2D eigenvalue weighted by Gasteiger charge is 2.31. The van der Waals surface area contributed by atoms with E-state index in [1.165, 1.54) is 52.2 Å². The van der Waals surface area contributed by atoms with Gasteiger partial charge in [0.25, 0.3) is 0 Å². The molecular weight excluding hydrogens is 525 g/mol. The Morgan fingerprint density at radius 2 is 1.72 bits per heavy atom. The molecule has 11 heteroatoms. The van der Waals surface area contributed by atoms with Gasteiger partial charge in [-0.25, -0.2) is 9.67 Å². The van der Waals surface area contributed by atoms with Gasteiger partial charge in [0.2, 0.25) is 4.80 Å². The molecule has 0 aliphatic carbocycles. The van der Waals surface area contributed by atoms with Crippen molar-refractivity contribution in [1.29, 1.82) is 0 Å². The molecule has 0 aliphatic heterocycles. The molecule has 7 nitrogen and oxygen atoms in total. The van der Waals surface area contributed by atoms with E-state index in [1.54, 1.807) is 6.21 Å². The maximum Gasteiger partial charge on any atom is 0.573 e. The normalized spacial score (nSPS) is 12.5. The first-order valence-electron chi connectivity index (χ1n) is 12.0. The minimum atomic E-state index is -4.74. The fourth-order valence-electron chi connectivity index (χ4n) is 3.91. The third-order valence-electron chi connectivity index (χ3n) is 5.75. The largest absolute Gasteiger partial charge is 0.573 e. The van der Waals surface area contributed by atoms with Crippen LogP contribution in [0.4, 0.5) is 13.2 Å². The average Bonchev–Trinajstić information content (AvgIpc) is 3.59. The number of para-hydroxylation sites is 1. The van der Waals surface area contributed by atoms with E-state index >= 15 is 0 Å². The second-order valence-electron chi connectivity index (χ2n) is 8.79. The third kappa shape index (κ3) is 6.32. The molecular formula is C28H23F3N6OS. The summed E-state index contributed by atoms with van der Waals surface area (Å²) in [7, 11) is 0. The van der Waals surface area contributed by atoms with E-state index in [-0.39, 0.29) is 5.75 Å². The summed E-state index contributed by atoms with van der Waals surface area (Å²) < 4.78 is 44.5. The summed E-state index contributed by atoms with van der Waals surface area (Å²) in [6, 6.07) is 21.2. The summed E-state index contributed by atoms with van der Waals surface area (Å²) >= 11 is 1.51. The number of rotatable bonds is 7. The molecule has 39 heavy (non-hydrogen) atoms. The molecule has 0 aliphatic rings. The predicted octanol–water partition coefficient (Wildman–Crippen LogP) is 6.74. The first-order valence-corrected chi connectivity index (χ1v) is 12.9. The van der Waals surface area contributed by atoms with Gasteiger partial charge in [-0.3, -0.25) is 4.57 Å².